The Balaban J connectivity index is 1.64. The quantitative estimate of drug-likeness (QED) is 0.512. The maximum atomic E-state index is 12.4. The Morgan fingerprint density at radius 2 is 2.00 bits per heavy atom. The van der Waals surface area contributed by atoms with E-state index in [1.54, 1.807) is 7.11 Å². The van der Waals surface area contributed by atoms with Crippen LogP contribution >= 0.6 is 23.1 Å². The summed E-state index contributed by atoms with van der Waals surface area (Å²) in [6.45, 7) is 6.54. The Morgan fingerprint density at radius 3 is 2.66 bits per heavy atom. The lowest BCUT2D eigenvalue weighted by Gasteiger charge is -2.12. The monoisotopic (exact) mass is 434 g/mol. The van der Waals surface area contributed by atoms with Gasteiger partial charge in [-0.05, 0) is 32.9 Å². The van der Waals surface area contributed by atoms with Crippen LogP contribution in [0.1, 0.15) is 24.7 Å². The highest BCUT2D eigenvalue weighted by Gasteiger charge is 2.21. The van der Waals surface area contributed by atoms with Gasteiger partial charge in [0.15, 0.2) is 22.5 Å². The van der Waals surface area contributed by atoms with Gasteiger partial charge in [0.05, 0.1) is 12.4 Å². The molecule has 0 radical (unpaired) electrons. The fourth-order valence-corrected chi connectivity index (χ4v) is 4.00. The maximum Gasteiger partial charge on any atom is 0.239 e. The summed E-state index contributed by atoms with van der Waals surface area (Å²) in [5.41, 5.74) is 0. The number of anilines is 1. The number of ether oxygens (including phenoxy) is 2. The molecule has 11 heteroatoms. The van der Waals surface area contributed by atoms with E-state index in [4.69, 9.17) is 9.47 Å². The number of hydrogen-bond donors (Lipinski definition) is 1. The second-order valence-electron chi connectivity index (χ2n) is 5.96. The van der Waals surface area contributed by atoms with Gasteiger partial charge < -0.3 is 14.0 Å². The third-order valence-electron chi connectivity index (χ3n) is 3.94. The first-order valence-corrected chi connectivity index (χ1v) is 10.7. The van der Waals surface area contributed by atoms with Crippen molar-refractivity contribution in [3.63, 3.8) is 0 Å². The lowest BCUT2D eigenvalue weighted by atomic mass is 10.3. The lowest BCUT2D eigenvalue weighted by Crippen LogP contribution is -2.23. The first kappa shape index (κ1) is 21.1. The Hall–Kier alpha value is -2.66. The topological polar surface area (TPSA) is 104 Å². The molecule has 1 amide bonds. The molecule has 0 bridgehead atoms. The summed E-state index contributed by atoms with van der Waals surface area (Å²) in [6, 6.07) is 7.43. The first-order chi connectivity index (χ1) is 14.0. The third-order valence-corrected chi connectivity index (χ3v) is 5.78. The first-order valence-electron chi connectivity index (χ1n) is 8.97. The fraction of sp³-hybridized carbons (Fsp3) is 0.389. The van der Waals surface area contributed by atoms with Crippen LogP contribution in [-0.2, 0) is 17.9 Å². The van der Waals surface area contributed by atoms with Crippen LogP contribution in [0.25, 0.3) is 0 Å². The zero-order chi connectivity index (χ0) is 20.8. The number of amides is 1. The number of para-hydroxylation sites is 2. The Bertz CT molecular complexity index is 974. The molecule has 154 valence electrons. The van der Waals surface area contributed by atoms with Gasteiger partial charge in [-0.2, -0.15) is 0 Å². The van der Waals surface area contributed by atoms with Gasteiger partial charge in [-0.1, -0.05) is 35.2 Å². The van der Waals surface area contributed by atoms with Crippen LogP contribution in [0.5, 0.6) is 11.5 Å². The summed E-state index contributed by atoms with van der Waals surface area (Å²) in [5.74, 6) is 1.80. The highest BCUT2D eigenvalue weighted by atomic mass is 32.2. The fourth-order valence-electron chi connectivity index (χ4n) is 2.48. The highest BCUT2D eigenvalue weighted by Crippen LogP contribution is 2.28. The standard InChI is InChI=1S/C18H22N6O3S2/c1-5-24-15(10-27-14-9-7-6-8-13(14)26-4)21-23-18(24)28-11(2)16(25)19-17-22-20-12(3)29-17/h6-9,11H,5,10H2,1-4H3,(H,19,22,25)/t11-/m0/s1. The maximum absolute atomic E-state index is 12.4. The van der Waals surface area contributed by atoms with E-state index in [0.717, 1.165) is 5.01 Å². The number of benzene rings is 1. The summed E-state index contributed by atoms with van der Waals surface area (Å²) in [5, 5.41) is 20.6. The molecule has 0 aliphatic rings. The predicted octanol–water partition coefficient (Wildman–Crippen LogP) is 3.16. The normalized spacial score (nSPS) is 11.9. The van der Waals surface area contributed by atoms with Crippen molar-refractivity contribution in [2.24, 2.45) is 0 Å². The molecule has 2 aromatic heterocycles. The molecule has 2 heterocycles. The number of nitrogens with one attached hydrogen (secondary N) is 1. The number of carbonyl (C=O) groups excluding carboxylic acids is 1. The average Bonchev–Trinajstić information content (AvgIpc) is 3.31. The Kier molecular flexibility index (Phi) is 7.04. The molecule has 1 aromatic carbocycles. The molecule has 3 rings (SSSR count). The second-order valence-corrected chi connectivity index (χ2v) is 8.45. The number of aromatic nitrogens is 5. The van der Waals surface area contributed by atoms with Crippen LogP contribution < -0.4 is 14.8 Å². The molecule has 0 aliphatic carbocycles. The van der Waals surface area contributed by atoms with Gasteiger partial charge in [0, 0.05) is 6.54 Å². The van der Waals surface area contributed by atoms with Crippen molar-refractivity contribution in [1.29, 1.82) is 0 Å². The number of aryl methyl sites for hydroxylation is 1. The molecule has 29 heavy (non-hydrogen) atoms. The largest absolute Gasteiger partial charge is 0.493 e. The van der Waals surface area contributed by atoms with Crippen molar-refractivity contribution in [3.8, 4) is 11.5 Å². The third kappa shape index (κ3) is 5.24. The van der Waals surface area contributed by atoms with E-state index in [1.165, 1.54) is 23.1 Å². The summed E-state index contributed by atoms with van der Waals surface area (Å²) < 4.78 is 13.1. The van der Waals surface area contributed by atoms with Gasteiger partial charge in [0.25, 0.3) is 0 Å². The summed E-state index contributed by atoms with van der Waals surface area (Å²) in [7, 11) is 1.60. The van der Waals surface area contributed by atoms with E-state index in [-0.39, 0.29) is 17.8 Å². The van der Waals surface area contributed by atoms with Gasteiger partial charge in [0.2, 0.25) is 11.0 Å². The second kappa shape index (κ2) is 9.70. The van der Waals surface area contributed by atoms with E-state index in [0.29, 0.717) is 34.2 Å². The van der Waals surface area contributed by atoms with Crippen molar-refractivity contribution in [2.45, 2.75) is 44.3 Å². The average molecular weight is 435 g/mol. The Morgan fingerprint density at radius 1 is 1.24 bits per heavy atom. The van der Waals surface area contributed by atoms with Crippen LogP contribution in [0.4, 0.5) is 5.13 Å². The van der Waals surface area contributed by atoms with E-state index in [9.17, 15) is 4.79 Å². The van der Waals surface area contributed by atoms with Crippen molar-refractivity contribution < 1.29 is 14.3 Å². The van der Waals surface area contributed by atoms with Crippen LogP contribution in [0, 0.1) is 6.92 Å². The van der Waals surface area contributed by atoms with Crippen molar-refractivity contribution in [1.82, 2.24) is 25.0 Å². The molecule has 1 atom stereocenters. The van der Waals surface area contributed by atoms with Crippen LogP contribution in [0.15, 0.2) is 29.4 Å². The minimum Gasteiger partial charge on any atom is -0.493 e. The molecule has 0 spiro atoms. The summed E-state index contributed by atoms with van der Waals surface area (Å²) >= 11 is 2.67. The van der Waals surface area contributed by atoms with E-state index < -0.39 is 0 Å². The number of rotatable bonds is 9. The van der Waals surface area contributed by atoms with Crippen LogP contribution in [0.3, 0.4) is 0 Å². The number of carbonyl (C=O) groups is 1. The lowest BCUT2D eigenvalue weighted by molar-refractivity contribution is -0.115. The van der Waals surface area contributed by atoms with Gasteiger partial charge >= 0.3 is 0 Å². The number of methoxy groups -OCH3 is 1. The molecular formula is C18H22N6O3S2. The van der Waals surface area contributed by atoms with Crippen molar-refractivity contribution in [2.75, 3.05) is 12.4 Å². The van der Waals surface area contributed by atoms with E-state index in [1.807, 2.05) is 49.6 Å². The molecular weight excluding hydrogens is 412 g/mol. The number of nitrogens with zero attached hydrogens (tertiary/aromatic N) is 5. The van der Waals surface area contributed by atoms with Crippen LogP contribution in [-0.4, -0.2) is 43.2 Å². The molecule has 1 N–H and O–H groups in total. The van der Waals surface area contributed by atoms with Gasteiger partial charge in [-0.3, -0.25) is 10.1 Å². The molecule has 0 unspecified atom stereocenters. The zero-order valence-electron chi connectivity index (χ0n) is 16.6. The minimum atomic E-state index is -0.378. The smallest absolute Gasteiger partial charge is 0.239 e. The predicted molar refractivity (Wildman–Crippen MR) is 112 cm³/mol. The van der Waals surface area contributed by atoms with Gasteiger partial charge in [0.1, 0.15) is 11.6 Å². The molecule has 0 saturated heterocycles. The molecule has 0 aliphatic heterocycles. The van der Waals surface area contributed by atoms with E-state index in [2.05, 4.69) is 25.7 Å². The SMILES string of the molecule is CCn1c(COc2ccccc2OC)nnc1S[C@@H](C)C(=O)Nc1nnc(C)s1. The van der Waals surface area contributed by atoms with Crippen molar-refractivity contribution in [3.05, 3.63) is 35.1 Å². The zero-order valence-corrected chi connectivity index (χ0v) is 18.2. The molecule has 3 aromatic rings. The van der Waals surface area contributed by atoms with Gasteiger partial charge in [-0.25, -0.2) is 0 Å². The summed E-state index contributed by atoms with van der Waals surface area (Å²) in [6.07, 6.45) is 0. The van der Waals surface area contributed by atoms with Crippen molar-refractivity contribution >= 4 is 34.1 Å². The van der Waals surface area contributed by atoms with Crippen LogP contribution in [0.2, 0.25) is 0 Å². The summed E-state index contributed by atoms with van der Waals surface area (Å²) in [4.78, 5) is 12.4. The van der Waals surface area contributed by atoms with E-state index >= 15 is 0 Å². The minimum absolute atomic E-state index is 0.163. The number of thioether (sulfide) groups is 1. The molecule has 9 nitrogen and oxygen atoms in total. The number of hydrogen-bond acceptors (Lipinski definition) is 9. The molecule has 0 saturated carbocycles. The van der Waals surface area contributed by atoms with Gasteiger partial charge in [-0.15, -0.1) is 20.4 Å². The molecule has 0 fully saturated rings. The highest BCUT2D eigenvalue weighted by molar-refractivity contribution is 8.00. The Labute approximate surface area is 176 Å².